The van der Waals surface area contributed by atoms with E-state index in [9.17, 15) is 4.79 Å². The van der Waals surface area contributed by atoms with E-state index in [1.54, 1.807) is 0 Å². The highest BCUT2D eigenvalue weighted by atomic mass is 16.5. The summed E-state index contributed by atoms with van der Waals surface area (Å²) in [6.45, 7) is 8.83. The number of hydrogen-bond acceptors (Lipinski definition) is 4. The van der Waals surface area contributed by atoms with Gasteiger partial charge in [-0.05, 0) is 43.2 Å². The molecule has 0 N–H and O–H groups in total. The summed E-state index contributed by atoms with van der Waals surface area (Å²) in [5, 5.41) is 0. The Morgan fingerprint density at radius 3 is 2.50 bits per heavy atom. The highest BCUT2D eigenvalue weighted by Gasteiger charge is 2.21. The van der Waals surface area contributed by atoms with Crippen molar-refractivity contribution in [2.75, 3.05) is 32.8 Å². The van der Waals surface area contributed by atoms with Crippen molar-refractivity contribution < 1.29 is 9.53 Å². The van der Waals surface area contributed by atoms with Gasteiger partial charge >= 0.3 is 0 Å². The fourth-order valence-corrected chi connectivity index (χ4v) is 3.27. The van der Waals surface area contributed by atoms with Gasteiger partial charge in [-0.15, -0.1) is 0 Å². The first kappa shape index (κ1) is 18.4. The maximum absolute atomic E-state index is 12.4. The number of piperazine rings is 1. The molecule has 1 aliphatic rings. The van der Waals surface area contributed by atoms with Gasteiger partial charge in [0.1, 0.15) is 5.75 Å². The molecule has 138 valence electrons. The van der Waals surface area contributed by atoms with E-state index < -0.39 is 0 Å². The zero-order valence-electron chi connectivity index (χ0n) is 15.6. The summed E-state index contributed by atoms with van der Waals surface area (Å²) in [5.41, 5.74) is 3.60. The average Bonchev–Trinajstić information content (AvgIpc) is 2.65. The van der Waals surface area contributed by atoms with Crippen molar-refractivity contribution in [1.82, 2.24) is 14.8 Å². The van der Waals surface area contributed by atoms with Crippen LogP contribution in [0.3, 0.4) is 0 Å². The summed E-state index contributed by atoms with van der Waals surface area (Å²) in [6.07, 6.45) is 4.08. The fraction of sp³-hybridized carbons (Fsp3) is 0.429. The number of amides is 1. The van der Waals surface area contributed by atoms with Gasteiger partial charge in [-0.2, -0.15) is 0 Å². The lowest BCUT2D eigenvalue weighted by Gasteiger charge is -2.34. The number of hydrogen-bond donors (Lipinski definition) is 0. The fourth-order valence-electron chi connectivity index (χ4n) is 3.27. The second-order valence-corrected chi connectivity index (χ2v) is 6.88. The first-order chi connectivity index (χ1) is 12.6. The molecule has 1 saturated heterocycles. The number of benzene rings is 1. The molecule has 5 heteroatoms. The van der Waals surface area contributed by atoms with E-state index in [1.807, 2.05) is 48.5 Å². The van der Waals surface area contributed by atoms with Gasteiger partial charge in [0.15, 0.2) is 0 Å². The quantitative estimate of drug-likeness (QED) is 0.801. The van der Waals surface area contributed by atoms with Gasteiger partial charge in [0.25, 0.3) is 0 Å². The van der Waals surface area contributed by atoms with Gasteiger partial charge in [0, 0.05) is 45.1 Å². The molecule has 26 heavy (non-hydrogen) atoms. The molecular formula is C21H27N3O2. The van der Waals surface area contributed by atoms with Crippen molar-refractivity contribution in [3.8, 4) is 5.75 Å². The highest BCUT2D eigenvalue weighted by Crippen LogP contribution is 2.19. The second-order valence-electron chi connectivity index (χ2n) is 6.88. The van der Waals surface area contributed by atoms with Gasteiger partial charge in [-0.25, -0.2) is 0 Å². The van der Waals surface area contributed by atoms with Crippen molar-refractivity contribution in [1.29, 1.82) is 0 Å². The van der Waals surface area contributed by atoms with Crippen molar-refractivity contribution >= 4 is 5.91 Å². The normalized spacial score (nSPS) is 15.1. The second kappa shape index (κ2) is 8.81. The Labute approximate surface area is 155 Å². The molecule has 5 nitrogen and oxygen atoms in total. The molecule has 0 unspecified atom stereocenters. The molecule has 1 aromatic carbocycles. The molecule has 3 rings (SSSR count). The van der Waals surface area contributed by atoms with E-state index in [4.69, 9.17) is 4.74 Å². The third kappa shape index (κ3) is 5.05. The minimum Gasteiger partial charge on any atom is -0.493 e. The summed E-state index contributed by atoms with van der Waals surface area (Å²) in [5.74, 6) is 1.05. The number of nitrogens with zero attached hydrogens (tertiary/aromatic N) is 3. The highest BCUT2D eigenvalue weighted by molar-refractivity contribution is 5.76. The van der Waals surface area contributed by atoms with Gasteiger partial charge in [-0.3, -0.25) is 14.7 Å². The maximum atomic E-state index is 12.4. The Hall–Kier alpha value is -2.40. The van der Waals surface area contributed by atoms with E-state index in [1.165, 1.54) is 11.1 Å². The monoisotopic (exact) mass is 353 g/mol. The largest absolute Gasteiger partial charge is 0.493 e. The van der Waals surface area contributed by atoms with E-state index in [2.05, 4.69) is 22.9 Å². The van der Waals surface area contributed by atoms with E-state index in [-0.39, 0.29) is 5.91 Å². The molecule has 0 bridgehead atoms. The Morgan fingerprint density at radius 2 is 1.81 bits per heavy atom. The van der Waals surface area contributed by atoms with E-state index >= 15 is 0 Å². The summed E-state index contributed by atoms with van der Waals surface area (Å²) in [6, 6.07) is 10.2. The van der Waals surface area contributed by atoms with Gasteiger partial charge in [0.05, 0.1) is 13.0 Å². The van der Waals surface area contributed by atoms with Crippen molar-refractivity contribution in [2.45, 2.75) is 26.8 Å². The van der Waals surface area contributed by atoms with Crippen LogP contribution in [0.25, 0.3) is 0 Å². The number of pyridine rings is 1. The van der Waals surface area contributed by atoms with Crippen molar-refractivity contribution in [2.24, 2.45) is 0 Å². The molecule has 0 saturated carbocycles. The lowest BCUT2D eigenvalue weighted by molar-refractivity contribution is -0.133. The van der Waals surface area contributed by atoms with Crippen LogP contribution in [0.2, 0.25) is 0 Å². The van der Waals surface area contributed by atoms with Gasteiger partial charge in [-0.1, -0.05) is 17.7 Å². The zero-order valence-corrected chi connectivity index (χ0v) is 15.6. The molecule has 1 aliphatic heterocycles. The van der Waals surface area contributed by atoms with Crippen LogP contribution in [0.4, 0.5) is 0 Å². The number of carbonyl (C=O) groups excluding carboxylic acids is 1. The van der Waals surface area contributed by atoms with E-state index in [0.29, 0.717) is 13.0 Å². The lowest BCUT2D eigenvalue weighted by Crippen LogP contribution is -2.48. The van der Waals surface area contributed by atoms with Crippen LogP contribution in [0.1, 0.15) is 23.1 Å². The molecule has 0 radical (unpaired) electrons. The third-order valence-corrected chi connectivity index (χ3v) is 4.78. The van der Waals surface area contributed by atoms with Crippen LogP contribution in [-0.4, -0.2) is 53.5 Å². The molecule has 2 heterocycles. The van der Waals surface area contributed by atoms with Crippen LogP contribution in [-0.2, 0) is 11.3 Å². The maximum Gasteiger partial charge on any atom is 0.226 e. The molecule has 0 atom stereocenters. The Kier molecular flexibility index (Phi) is 6.23. The number of ether oxygens (including phenoxy) is 1. The Balaban J connectivity index is 1.39. The molecule has 1 amide bonds. The molecule has 0 spiro atoms. The molecule has 1 fully saturated rings. The van der Waals surface area contributed by atoms with Gasteiger partial charge < -0.3 is 9.64 Å². The Morgan fingerprint density at radius 1 is 1.08 bits per heavy atom. The van der Waals surface area contributed by atoms with Crippen molar-refractivity contribution in [3.05, 3.63) is 59.4 Å². The Bertz CT molecular complexity index is 725. The molecular weight excluding hydrogens is 326 g/mol. The molecule has 0 aliphatic carbocycles. The number of aryl methyl sites for hydroxylation is 2. The number of aromatic nitrogens is 1. The smallest absolute Gasteiger partial charge is 0.226 e. The summed E-state index contributed by atoms with van der Waals surface area (Å²) < 4.78 is 5.79. The summed E-state index contributed by atoms with van der Waals surface area (Å²) in [4.78, 5) is 20.8. The minimum absolute atomic E-state index is 0.179. The van der Waals surface area contributed by atoms with Crippen LogP contribution in [0.5, 0.6) is 5.75 Å². The first-order valence-electron chi connectivity index (χ1n) is 9.21. The lowest BCUT2D eigenvalue weighted by atomic mass is 10.1. The van der Waals surface area contributed by atoms with Crippen molar-refractivity contribution in [3.63, 3.8) is 0 Å². The number of rotatable bonds is 6. The standard InChI is InChI=1S/C21H27N3O2/c1-17-3-4-20(18(2)15-17)26-14-7-21(25)24-12-10-23(11-13-24)16-19-5-8-22-9-6-19/h3-6,8-9,15H,7,10-14,16H2,1-2H3. The summed E-state index contributed by atoms with van der Waals surface area (Å²) in [7, 11) is 0. The number of carbonyl (C=O) groups is 1. The SMILES string of the molecule is Cc1ccc(OCCC(=O)N2CCN(Cc3ccncc3)CC2)c(C)c1. The first-order valence-corrected chi connectivity index (χ1v) is 9.21. The minimum atomic E-state index is 0.179. The third-order valence-electron chi connectivity index (χ3n) is 4.78. The van der Waals surface area contributed by atoms with Crippen LogP contribution in [0.15, 0.2) is 42.7 Å². The van der Waals surface area contributed by atoms with Crippen LogP contribution >= 0.6 is 0 Å². The molecule has 1 aromatic heterocycles. The van der Waals surface area contributed by atoms with Crippen LogP contribution < -0.4 is 4.74 Å². The van der Waals surface area contributed by atoms with E-state index in [0.717, 1.165) is 44.0 Å². The van der Waals surface area contributed by atoms with Crippen LogP contribution in [0, 0.1) is 13.8 Å². The van der Waals surface area contributed by atoms with Gasteiger partial charge in [0.2, 0.25) is 5.91 Å². The summed E-state index contributed by atoms with van der Waals surface area (Å²) >= 11 is 0. The average molecular weight is 353 g/mol. The predicted octanol–water partition coefficient (Wildman–Crippen LogP) is 2.81. The predicted molar refractivity (Wildman–Crippen MR) is 102 cm³/mol. The molecule has 2 aromatic rings. The topological polar surface area (TPSA) is 45.7 Å². The zero-order chi connectivity index (χ0) is 18.4.